The number of amides is 1. The van der Waals surface area contributed by atoms with Crippen LogP contribution in [0.3, 0.4) is 0 Å². The molecule has 0 spiro atoms. The van der Waals surface area contributed by atoms with E-state index < -0.39 is 23.5 Å². The summed E-state index contributed by atoms with van der Waals surface area (Å²) in [6.45, 7) is 4.94. The third-order valence-electron chi connectivity index (χ3n) is 2.35. The van der Waals surface area contributed by atoms with Gasteiger partial charge in [0.15, 0.2) is 0 Å². The topological polar surface area (TPSA) is 92.4 Å². The first-order valence-electron chi connectivity index (χ1n) is 4.68. The fourth-order valence-corrected chi connectivity index (χ4v) is 0.843. The fraction of sp³-hybridized carbons (Fsp3) is 0.778. The molecule has 0 saturated heterocycles. The summed E-state index contributed by atoms with van der Waals surface area (Å²) in [5, 5.41) is 11.3. The van der Waals surface area contributed by atoms with E-state index >= 15 is 0 Å². The number of aliphatic carboxylic acids is 1. The Bertz CT molecular complexity index is 230. The predicted molar refractivity (Wildman–Crippen MR) is 52.7 cm³/mol. The maximum absolute atomic E-state index is 11.4. The second-order valence-electron chi connectivity index (χ2n) is 3.49. The van der Waals surface area contributed by atoms with Crippen LogP contribution in [-0.4, -0.2) is 28.6 Å². The van der Waals surface area contributed by atoms with E-state index in [9.17, 15) is 9.59 Å². The average Bonchev–Trinajstić information content (AvgIpc) is 2.15. The zero-order valence-corrected chi connectivity index (χ0v) is 8.83. The molecule has 0 saturated carbocycles. The summed E-state index contributed by atoms with van der Waals surface area (Å²) in [5.74, 6) is -1.46. The molecular weight excluding hydrogens is 184 g/mol. The van der Waals surface area contributed by atoms with Gasteiger partial charge in [0.2, 0.25) is 5.91 Å². The van der Waals surface area contributed by atoms with Crippen molar-refractivity contribution in [3.8, 4) is 0 Å². The van der Waals surface area contributed by atoms with Gasteiger partial charge in [-0.15, -0.1) is 0 Å². The molecule has 0 heterocycles. The summed E-state index contributed by atoms with van der Waals surface area (Å²) in [4.78, 5) is 22.2. The summed E-state index contributed by atoms with van der Waals surface area (Å²) >= 11 is 0. The van der Waals surface area contributed by atoms with E-state index in [2.05, 4.69) is 5.32 Å². The van der Waals surface area contributed by atoms with Crippen LogP contribution < -0.4 is 11.1 Å². The zero-order chi connectivity index (χ0) is 11.4. The number of carbonyl (C=O) groups is 2. The van der Waals surface area contributed by atoms with Gasteiger partial charge < -0.3 is 16.2 Å². The lowest BCUT2D eigenvalue weighted by molar-refractivity contribution is -0.147. The van der Waals surface area contributed by atoms with Crippen molar-refractivity contribution in [1.29, 1.82) is 0 Å². The first-order valence-corrected chi connectivity index (χ1v) is 4.68. The van der Waals surface area contributed by atoms with E-state index in [0.29, 0.717) is 12.8 Å². The minimum absolute atomic E-state index is 0.324. The van der Waals surface area contributed by atoms with Crippen LogP contribution in [0, 0.1) is 0 Å². The summed E-state index contributed by atoms with van der Waals surface area (Å²) in [7, 11) is 0. The van der Waals surface area contributed by atoms with Gasteiger partial charge >= 0.3 is 5.97 Å². The average molecular weight is 202 g/mol. The minimum Gasteiger partial charge on any atom is -0.480 e. The maximum Gasteiger partial charge on any atom is 0.329 e. The molecule has 0 fully saturated rings. The van der Waals surface area contributed by atoms with E-state index in [1.165, 1.54) is 6.92 Å². The van der Waals surface area contributed by atoms with E-state index in [1.807, 2.05) is 0 Å². The van der Waals surface area contributed by atoms with Gasteiger partial charge in [-0.05, 0) is 19.8 Å². The number of nitrogens with one attached hydrogen (secondary N) is 1. The van der Waals surface area contributed by atoms with Crippen LogP contribution in [0.25, 0.3) is 0 Å². The van der Waals surface area contributed by atoms with E-state index in [1.54, 1.807) is 13.8 Å². The molecule has 1 unspecified atom stereocenters. The first kappa shape index (κ1) is 12.9. The largest absolute Gasteiger partial charge is 0.480 e. The van der Waals surface area contributed by atoms with Crippen molar-refractivity contribution in [3.05, 3.63) is 0 Å². The van der Waals surface area contributed by atoms with Gasteiger partial charge in [-0.25, -0.2) is 4.79 Å². The molecule has 2 atom stereocenters. The Morgan fingerprint density at radius 2 is 2.00 bits per heavy atom. The molecule has 0 aliphatic rings. The second kappa shape index (κ2) is 4.95. The van der Waals surface area contributed by atoms with Crippen LogP contribution in [0.15, 0.2) is 0 Å². The third-order valence-corrected chi connectivity index (χ3v) is 2.35. The van der Waals surface area contributed by atoms with Crippen molar-refractivity contribution < 1.29 is 14.7 Å². The summed E-state index contributed by atoms with van der Waals surface area (Å²) < 4.78 is 0. The van der Waals surface area contributed by atoms with Crippen LogP contribution in [-0.2, 0) is 9.59 Å². The molecule has 0 radical (unpaired) electrons. The predicted octanol–water partition coefficient (Wildman–Crippen LogP) is 0.0932. The Morgan fingerprint density at radius 3 is 2.29 bits per heavy atom. The van der Waals surface area contributed by atoms with E-state index in [0.717, 1.165) is 0 Å². The lowest BCUT2D eigenvalue weighted by Gasteiger charge is -2.26. The number of nitrogens with two attached hydrogens (primary N) is 1. The van der Waals surface area contributed by atoms with Crippen molar-refractivity contribution >= 4 is 11.9 Å². The van der Waals surface area contributed by atoms with E-state index in [4.69, 9.17) is 10.8 Å². The Balaban J connectivity index is 4.47. The number of hydrogen-bond donors (Lipinski definition) is 3. The molecule has 82 valence electrons. The zero-order valence-electron chi connectivity index (χ0n) is 8.83. The monoisotopic (exact) mass is 202 g/mol. The quantitative estimate of drug-likeness (QED) is 0.589. The van der Waals surface area contributed by atoms with Gasteiger partial charge in [0.05, 0.1) is 6.04 Å². The molecule has 0 aromatic heterocycles. The fourth-order valence-electron chi connectivity index (χ4n) is 0.843. The lowest BCUT2D eigenvalue weighted by Crippen LogP contribution is -2.55. The number of hydrogen-bond acceptors (Lipinski definition) is 3. The summed E-state index contributed by atoms with van der Waals surface area (Å²) in [5.41, 5.74) is 4.26. The molecule has 14 heavy (non-hydrogen) atoms. The molecular formula is C9H18N2O3. The Morgan fingerprint density at radius 1 is 1.50 bits per heavy atom. The molecule has 4 N–H and O–H groups in total. The van der Waals surface area contributed by atoms with Crippen LogP contribution in [0.1, 0.15) is 33.6 Å². The van der Waals surface area contributed by atoms with Gasteiger partial charge in [0.1, 0.15) is 5.54 Å². The highest BCUT2D eigenvalue weighted by molar-refractivity contribution is 5.89. The molecule has 5 nitrogen and oxygen atoms in total. The summed E-state index contributed by atoms with van der Waals surface area (Å²) in [6.07, 6.45) is 0.815. The van der Waals surface area contributed by atoms with Crippen molar-refractivity contribution in [2.75, 3.05) is 0 Å². The molecule has 0 bridgehead atoms. The Labute approximate surface area is 83.7 Å². The highest BCUT2D eigenvalue weighted by atomic mass is 16.4. The normalized spacial score (nSPS) is 16.9. The standard InChI is InChI=1S/C9H18N2O3/c1-4-6(10)7(12)11-9(3,5-2)8(13)14/h6H,4-5,10H2,1-3H3,(H,11,12)(H,13,14)/t6-,9?/m0/s1. The molecule has 0 rings (SSSR count). The first-order chi connectivity index (χ1) is 6.37. The molecule has 0 aromatic carbocycles. The number of carboxylic acid groups (broad SMARTS) is 1. The second-order valence-corrected chi connectivity index (χ2v) is 3.49. The Kier molecular flexibility index (Phi) is 4.56. The number of carboxylic acids is 1. The lowest BCUT2D eigenvalue weighted by atomic mass is 9.98. The van der Waals surface area contributed by atoms with Gasteiger partial charge in [0, 0.05) is 0 Å². The van der Waals surface area contributed by atoms with Gasteiger partial charge in [0.25, 0.3) is 0 Å². The van der Waals surface area contributed by atoms with Gasteiger partial charge in [-0.3, -0.25) is 4.79 Å². The number of carbonyl (C=O) groups excluding carboxylic acids is 1. The maximum atomic E-state index is 11.4. The van der Waals surface area contributed by atoms with Crippen molar-refractivity contribution in [2.45, 2.75) is 45.2 Å². The smallest absolute Gasteiger partial charge is 0.329 e. The molecule has 1 amide bonds. The van der Waals surface area contributed by atoms with Crippen LogP contribution >= 0.6 is 0 Å². The molecule has 0 aliphatic carbocycles. The highest BCUT2D eigenvalue weighted by Gasteiger charge is 2.33. The van der Waals surface area contributed by atoms with E-state index in [-0.39, 0.29) is 0 Å². The van der Waals surface area contributed by atoms with Crippen LogP contribution in [0.4, 0.5) is 0 Å². The van der Waals surface area contributed by atoms with Crippen molar-refractivity contribution in [3.63, 3.8) is 0 Å². The van der Waals surface area contributed by atoms with Crippen molar-refractivity contribution in [2.24, 2.45) is 5.73 Å². The van der Waals surface area contributed by atoms with Crippen molar-refractivity contribution in [1.82, 2.24) is 5.32 Å². The highest BCUT2D eigenvalue weighted by Crippen LogP contribution is 2.09. The molecule has 0 aromatic rings. The SMILES string of the molecule is CC[C@H](N)C(=O)NC(C)(CC)C(=O)O. The summed E-state index contributed by atoms with van der Waals surface area (Å²) in [6, 6.07) is -0.639. The van der Waals surface area contributed by atoms with Gasteiger partial charge in [-0.2, -0.15) is 0 Å². The molecule has 0 aliphatic heterocycles. The number of rotatable bonds is 5. The van der Waals surface area contributed by atoms with Gasteiger partial charge in [-0.1, -0.05) is 13.8 Å². The minimum atomic E-state index is -1.22. The van der Waals surface area contributed by atoms with Crippen LogP contribution in [0.2, 0.25) is 0 Å². The third kappa shape index (κ3) is 2.99. The van der Waals surface area contributed by atoms with Crippen LogP contribution in [0.5, 0.6) is 0 Å². The molecule has 5 heteroatoms. The Hall–Kier alpha value is -1.10.